The highest BCUT2D eigenvalue weighted by molar-refractivity contribution is 5.85. The Balaban J connectivity index is 2.04. The van der Waals surface area contributed by atoms with Crippen LogP contribution in [0, 0.1) is 5.92 Å². The van der Waals surface area contributed by atoms with Gasteiger partial charge in [-0.2, -0.15) is 0 Å². The molecule has 0 aromatic heterocycles. The molecule has 2 atom stereocenters. The van der Waals surface area contributed by atoms with Gasteiger partial charge in [0, 0.05) is 18.9 Å². The minimum absolute atomic E-state index is 0.0316. The lowest BCUT2D eigenvalue weighted by molar-refractivity contribution is -0.150. The summed E-state index contributed by atoms with van der Waals surface area (Å²) in [4.78, 5) is 24.6. The summed E-state index contributed by atoms with van der Waals surface area (Å²) < 4.78 is 0. The van der Waals surface area contributed by atoms with Gasteiger partial charge < -0.3 is 15.1 Å². The average molecular weight is 241 g/mol. The second kappa shape index (κ2) is 5.04. The Morgan fingerprint density at radius 1 is 1.12 bits per heavy atom. The molecule has 0 aromatic rings. The summed E-state index contributed by atoms with van der Waals surface area (Å²) in [7, 11) is 0. The van der Waals surface area contributed by atoms with Gasteiger partial charge in [0.05, 0.1) is 6.10 Å². The molecule has 2 N–H and O–H groups in total. The van der Waals surface area contributed by atoms with Crippen LogP contribution < -0.4 is 0 Å². The van der Waals surface area contributed by atoms with Crippen LogP contribution in [0.3, 0.4) is 0 Å². The molecule has 1 aliphatic heterocycles. The number of carboxylic acid groups (broad SMARTS) is 1. The summed E-state index contributed by atoms with van der Waals surface area (Å²) in [5.41, 5.74) is 0. The molecule has 2 aliphatic rings. The van der Waals surface area contributed by atoms with Crippen molar-refractivity contribution in [1.82, 2.24) is 4.90 Å². The van der Waals surface area contributed by atoms with E-state index in [-0.39, 0.29) is 24.8 Å². The first-order valence-electron chi connectivity index (χ1n) is 6.31. The van der Waals surface area contributed by atoms with Gasteiger partial charge in [-0.15, -0.1) is 0 Å². The van der Waals surface area contributed by atoms with Crippen molar-refractivity contribution in [2.24, 2.45) is 5.92 Å². The zero-order valence-electron chi connectivity index (χ0n) is 9.84. The number of aliphatic hydroxyl groups excluding tert-OH is 1. The predicted molar refractivity (Wildman–Crippen MR) is 60.3 cm³/mol. The lowest BCUT2D eigenvalue weighted by atomic mass is 9.88. The Morgan fingerprint density at radius 2 is 1.76 bits per heavy atom. The maximum atomic E-state index is 12.2. The number of carbonyl (C=O) groups is 2. The smallest absolute Gasteiger partial charge is 0.326 e. The minimum atomic E-state index is -1.01. The zero-order valence-corrected chi connectivity index (χ0v) is 9.84. The van der Waals surface area contributed by atoms with Crippen molar-refractivity contribution in [1.29, 1.82) is 0 Å². The number of aliphatic hydroxyl groups is 1. The molecule has 0 bridgehead atoms. The van der Waals surface area contributed by atoms with Gasteiger partial charge in [-0.1, -0.05) is 19.3 Å². The van der Waals surface area contributed by atoms with Gasteiger partial charge in [0.25, 0.3) is 0 Å². The highest BCUT2D eigenvalue weighted by atomic mass is 16.4. The van der Waals surface area contributed by atoms with Crippen LogP contribution in [0.15, 0.2) is 0 Å². The molecule has 0 unspecified atom stereocenters. The van der Waals surface area contributed by atoms with E-state index in [4.69, 9.17) is 5.11 Å². The minimum Gasteiger partial charge on any atom is -0.480 e. The molecule has 0 spiro atoms. The molecule has 2 fully saturated rings. The summed E-state index contributed by atoms with van der Waals surface area (Å²) in [5, 5.41) is 18.6. The summed E-state index contributed by atoms with van der Waals surface area (Å²) in [5.74, 6) is -1.12. The van der Waals surface area contributed by atoms with Crippen molar-refractivity contribution in [2.75, 3.05) is 6.54 Å². The standard InChI is InChI=1S/C12H19NO4/c14-9-6-10(12(16)17)13(7-9)11(15)8-4-2-1-3-5-8/h8-10,14H,1-7H2,(H,16,17)/t9-,10-/m0/s1. The topological polar surface area (TPSA) is 77.8 Å². The van der Waals surface area contributed by atoms with Crippen LogP contribution in [-0.2, 0) is 9.59 Å². The molecule has 0 aromatic carbocycles. The van der Waals surface area contributed by atoms with Crippen LogP contribution in [0.2, 0.25) is 0 Å². The maximum Gasteiger partial charge on any atom is 0.326 e. The van der Waals surface area contributed by atoms with Crippen molar-refractivity contribution < 1.29 is 19.8 Å². The van der Waals surface area contributed by atoms with Gasteiger partial charge in [-0.3, -0.25) is 4.79 Å². The fourth-order valence-electron chi connectivity index (χ4n) is 2.88. The maximum absolute atomic E-state index is 12.2. The number of nitrogens with zero attached hydrogens (tertiary/aromatic N) is 1. The van der Waals surface area contributed by atoms with Crippen molar-refractivity contribution in [3.8, 4) is 0 Å². The molecule has 1 aliphatic carbocycles. The largest absolute Gasteiger partial charge is 0.480 e. The SMILES string of the molecule is O=C(O)[C@@H]1C[C@H](O)CN1C(=O)C1CCCCC1. The van der Waals surface area contributed by atoms with Crippen LogP contribution in [0.4, 0.5) is 0 Å². The Kier molecular flexibility index (Phi) is 3.66. The van der Waals surface area contributed by atoms with E-state index in [1.807, 2.05) is 0 Å². The van der Waals surface area contributed by atoms with Crippen molar-refractivity contribution in [3.63, 3.8) is 0 Å². The van der Waals surface area contributed by atoms with Crippen LogP contribution in [0.25, 0.3) is 0 Å². The van der Waals surface area contributed by atoms with E-state index in [2.05, 4.69) is 0 Å². The monoisotopic (exact) mass is 241 g/mol. The average Bonchev–Trinajstić information content (AvgIpc) is 2.72. The number of carboxylic acids is 1. The van der Waals surface area contributed by atoms with Crippen LogP contribution in [0.1, 0.15) is 38.5 Å². The van der Waals surface area contributed by atoms with Crippen LogP contribution in [0.5, 0.6) is 0 Å². The Hall–Kier alpha value is -1.10. The summed E-state index contributed by atoms with van der Waals surface area (Å²) >= 11 is 0. The highest BCUT2D eigenvalue weighted by Gasteiger charge is 2.41. The fourth-order valence-corrected chi connectivity index (χ4v) is 2.88. The number of likely N-dealkylation sites (tertiary alicyclic amines) is 1. The number of rotatable bonds is 2. The van der Waals surface area contributed by atoms with E-state index in [0.717, 1.165) is 32.1 Å². The molecular formula is C12H19NO4. The third-order valence-corrected chi connectivity index (χ3v) is 3.80. The number of carbonyl (C=O) groups excluding carboxylic acids is 1. The molecule has 5 heteroatoms. The molecule has 17 heavy (non-hydrogen) atoms. The fraction of sp³-hybridized carbons (Fsp3) is 0.833. The van der Waals surface area contributed by atoms with Gasteiger partial charge in [-0.05, 0) is 12.8 Å². The van der Waals surface area contributed by atoms with Gasteiger partial charge in [0.2, 0.25) is 5.91 Å². The van der Waals surface area contributed by atoms with E-state index in [1.54, 1.807) is 0 Å². The van der Waals surface area contributed by atoms with E-state index in [9.17, 15) is 14.7 Å². The van der Waals surface area contributed by atoms with Crippen molar-refractivity contribution >= 4 is 11.9 Å². The third kappa shape index (κ3) is 2.60. The summed E-state index contributed by atoms with van der Waals surface area (Å²) in [6.07, 6.45) is 4.44. The number of aliphatic carboxylic acids is 1. The molecule has 0 radical (unpaired) electrons. The van der Waals surface area contributed by atoms with E-state index < -0.39 is 18.1 Å². The highest BCUT2D eigenvalue weighted by Crippen LogP contribution is 2.28. The number of hydrogen-bond acceptors (Lipinski definition) is 3. The second-order valence-corrected chi connectivity index (χ2v) is 5.07. The normalized spacial score (nSPS) is 30.5. The predicted octanol–water partition coefficient (Wildman–Crippen LogP) is 0.613. The molecule has 1 amide bonds. The first kappa shape index (κ1) is 12.4. The van der Waals surface area contributed by atoms with E-state index in [1.165, 1.54) is 4.90 Å². The zero-order chi connectivity index (χ0) is 12.4. The third-order valence-electron chi connectivity index (χ3n) is 3.80. The molecule has 1 saturated carbocycles. The summed E-state index contributed by atoms with van der Waals surface area (Å²) in [6, 6.07) is -0.834. The van der Waals surface area contributed by atoms with Crippen molar-refractivity contribution in [2.45, 2.75) is 50.7 Å². The van der Waals surface area contributed by atoms with Gasteiger partial charge in [0.15, 0.2) is 0 Å². The number of β-amino-alcohol motifs (C(OH)–C–C–N with tert-alkyl or cyclic N) is 1. The quantitative estimate of drug-likeness (QED) is 0.742. The molecule has 5 nitrogen and oxygen atoms in total. The molecule has 96 valence electrons. The first-order chi connectivity index (χ1) is 8.09. The lowest BCUT2D eigenvalue weighted by Gasteiger charge is -2.28. The second-order valence-electron chi connectivity index (χ2n) is 5.07. The summed E-state index contributed by atoms with van der Waals surface area (Å²) in [6.45, 7) is 0.173. The molecule has 1 saturated heterocycles. The molecule has 2 rings (SSSR count). The Labute approximate surface area is 100 Å². The van der Waals surface area contributed by atoms with Crippen LogP contribution >= 0.6 is 0 Å². The van der Waals surface area contributed by atoms with E-state index in [0.29, 0.717) is 0 Å². The number of hydrogen-bond donors (Lipinski definition) is 2. The molecule has 1 heterocycles. The van der Waals surface area contributed by atoms with Crippen molar-refractivity contribution in [3.05, 3.63) is 0 Å². The first-order valence-corrected chi connectivity index (χ1v) is 6.31. The van der Waals surface area contributed by atoms with Gasteiger partial charge in [-0.25, -0.2) is 4.79 Å². The van der Waals surface area contributed by atoms with Gasteiger partial charge >= 0.3 is 5.97 Å². The molecular weight excluding hydrogens is 222 g/mol. The lowest BCUT2D eigenvalue weighted by Crippen LogP contribution is -2.44. The van der Waals surface area contributed by atoms with Gasteiger partial charge in [0.1, 0.15) is 6.04 Å². The Morgan fingerprint density at radius 3 is 2.35 bits per heavy atom. The van der Waals surface area contributed by atoms with E-state index >= 15 is 0 Å². The Bertz CT molecular complexity index is 312. The van der Waals surface area contributed by atoms with Crippen LogP contribution in [-0.4, -0.2) is 45.7 Å². The number of amides is 1.